The summed E-state index contributed by atoms with van der Waals surface area (Å²) in [5.74, 6) is 0. The van der Waals surface area contributed by atoms with Gasteiger partial charge >= 0.3 is 0 Å². The van der Waals surface area contributed by atoms with Gasteiger partial charge in [-0.3, -0.25) is 0 Å². The molecule has 0 unspecified atom stereocenters. The Balaban J connectivity index is 2.20. The molecule has 0 saturated heterocycles. The van der Waals surface area contributed by atoms with Gasteiger partial charge in [-0.1, -0.05) is 48.5 Å². The molecule has 0 amide bonds. The zero-order valence-electron chi connectivity index (χ0n) is 10.8. The third kappa shape index (κ3) is 0.847. The van der Waals surface area contributed by atoms with E-state index in [1.807, 2.05) is 0 Å². The molecule has 0 aromatic heterocycles. The summed E-state index contributed by atoms with van der Waals surface area (Å²) in [6, 6.07) is 22.7. The Morgan fingerprint density at radius 3 is 1.00 bits per heavy atom. The van der Waals surface area contributed by atoms with Gasteiger partial charge in [0.25, 0.3) is 0 Å². The van der Waals surface area contributed by atoms with Crippen LogP contribution < -0.4 is 0 Å². The topological polar surface area (TPSA) is 0 Å². The van der Waals surface area contributed by atoms with Crippen molar-refractivity contribution >= 4 is 53.9 Å². The van der Waals surface area contributed by atoms with Gasteiger partial charge in [-0.2, -0.15) is 0 Å². The van der Waals surface area contributed by atoms with Crippen molar-refractivity contribution in [1.82, 2.24) is 0 Å². The van der Waals surface area contributed by atoms with Crippen molar-refractivity contribution in [2.45, 2.75) is 0 Å². The van der Waals surface area contributed by atoms with E-state index in [2.05, 4.69) is 60.7 Å². The molecule has 90 valence electrons. The first kappa shape index (κ1) is 9.33. The lowest BCUT2D eigenvalue weighted by molar-refractivity contribution is 1.91. The fraction of sp³-hybridized carbons (Fsp3) is 0. The predicted octanol–water partition coefficient (Wildman–Crippen LogP) is 5.77. The van der Waals surface area contributed by atoms with Gasteiger partial charge in [-0.15, -0.1) is 0 Å². The van der Waals surface area contributed by atoms with Crippen LogP contribution in [0.5, 0.6) is 0 Å². The van der Waals surface area contributed by atoms with Crippen molar-refractivity contribution in [2.24, 2.45) is 0 Å². The zero-order chi connectivity index (χ0) is 12.8. The van der Waals surface area contributed by atoms with Crippen molar-refractivity contribution in [3.63, 3.8) is 0 Å². The molecule has 0 saturated carbocycles. The van der Waals surface area contributed by atoms with Crippen LogP contribution >= 0.6 is 0 Å². The normalized spacial score (nSPS) is 13.0. The molecule has 6 aromatic carbocycles. The van der Waals surface area contributed by atoms with E-state index in [0.717, 1.165) is 0 Å². The maximum atomic E-state index is 2.34. The lowest BCUT2D eigenvalue weighted by Gasteiger charge is -2.12. The lowest BCUT2D eigenvalue weighted by atomic mass is 9.91. The van der Waals surface area contributed by atoms with Gasteiger partial charge in [0.15, 0.2) is 0 Å². The highest BCUT2D eigenvalue weighted by atomic mass is 14.2. The molecule has 0 radical (unpaired) electrons. The predicted molar refractivity (Wildman–Crippen MR) is 87.5 cm³/mol. The molecule has 0 bridgehead atoms. The molecule has 0 spiro atoms. The summed E-state index contributed by atoms with van der Waals surface area (Å²) in [5, 5.41) is 14.0. The van der Waals surface area contributed by atoms with Crippen LogP contribution in [0.4, 0.5) is 0 Å². The molecular formula is C20H10. The first-order chi connectivity index (χ1) is 9.90. The van der Waals surface area contributed by atoms with Crippen molar-refractivity contribution < 1.29 is 0 Å². The second-order valence-corrected chi connectivity index (χ2v) is 5.85. The summed E-state index contributed by atoms with van der Waals surface area (Å²) < 4.78 is 0. The minimum atomic E-state index is 1.36. The van der Waals surface area contributed by atoms with Gasteiger partial charge in [0, 0.05) is 0 Å². The van der Waals surface area contributed by atoms with Gasteiger partial charge in [0.05, 0.1) is 0 Å². The monoisotopic (exact) mass is 250 g/mol. The molecule has 0 heteroatoms. The maximum Gasteiger partial charge on any atom is -0.00141 e. The molecule has 20 heavy (non-hydrogen) atoms. The lowest BCUT2D eigenvalue weighted by Crippen LogP contribution is -1.83. The van der Waals surface area contributed by atoms with Crippen molar-refractivity contribution in [1.29, 1.82) is 0 Å². The number of benzene rings is 4. The number of hydrogen-bond donors (Lipinski definition) is 0. The van der Waals surface area contributed by atoms with Crippen LogP contribution in [0, 0.1) is 0 Å². The van der Waals surface area contributed by atoms with E-state index in [-0.39, 0.29) is 0 Å². The molecule has 0 nitrogen and oxygen atoms in total. The van der Waals surface area contributed by atoms with Crippen molar-refractivity contribution in [3.05, 3.63) is 60.7 Å². The minimum Gasteiger partial charge on any atom is -0.0537 e. The van der Waals surface area contributed by atoms with Crippen LogP contribution in [0.15, 0.2) is 60.7 Å². The molecular weight excluding hydrogens is 240 g/mol. The molecule has 0 aliphatic heterocycles. The Bertz CT molecular complexity index is 1130. The van der Waals surface area contributed by atoms with Gasteiger partial charge in [-0.25, -0.2) is 0 Å². The first-order valence-electron chi connectivity index (χ1n) is 7.05. The van der Waals surface area contributed by atoms with Gasteiger partial charge in [0.1, 0.15) is 0 Å². The Hall–Kier alpha value is -2.60. The highest BCUT2D eigenvalue weighted by Crippen LogP contribution is 2.44. The molecule has 0 aliphatic carbocycles. The molecule has 6 aromatic rings. The summed E-state index contributed by atoms with van der Waals surface area (Å²) in [6.45, 7) is 0. The van der Waals surface area contributed by atoms with E-state index in [9.17, 15) is 0 Å². The Kier molecular flexibility index (Phi) is 1.30. The van der Waals surface area contributed by atoms with Crippen molar-refractivity contribution in [3.8, 4) is 0 Å². The molecule has 0 aliphatic rings. The largest absolute Gasteiger partial charge is 0.0537 e. The average molecular weight is 250 g/mol. The van der Waals surface area contributed by atoms with Crippen LogP contribution in [0.3, 0.4) is 0 Å². The standard InChI is InChI=1S/C20H10/c1-5-13-9-16-8-4-12-2-6-14-10-15-7-3-11(1)17(13)19(15)20(16)18(12)14/h1-10H. The highest BCUT2D eigenvalue weighted by Gasteiger charge is 2.15. The molecule has 0 atom stereocenters. The van der Waals surface area contributed by atoms with E-state index in [4.69, 9.17) is 0 Å². The third-order valence-corrected chi connectivity index (χ3v) is 4.87. The van der Waals surface area contributed by atoms with Crippen molar-refractivity contribution in [2.75, 3.05) is 0 Å². The van der Waals surface area contributed by atoms with Gasteiger partial charge in [0.2, 0.25) is 0 Å². The quantitative estimate of drug-likeness (QED) is 0.300. The SMILES string of the molecule is c1cc2cc3ccc4ccc5cc6ccc1c2c6c3c45. The summed E-state index contributed by atoms with van der Waals surface area (Å²) in [5.41, 5.74) is 0. The minimum absolute atomic E-state index is 1.36. The van der Waals surface area contributed by atoms with Crippen LogP contribution in [-0.4, -0.2) is 0 Å². The van der Waals surface area contributed by atoms with Gasteiger partial charge in [-0.05, 0) is 66.0 Å². The summed E-state index contributed by atoms with van der Waals surface area (Å²) in [4.78, 5) is 0. The van der Waals surface area contributed by atoms with Crippen LogP contribution in [0.25, 0.3) is 53.9 Å². The molecule has 0 N–H and O–H groups in total. The van der Waals surface area contributed by atoms with Crippen LogP contribution in [0.1, 0.15) is 0 Å². The first-order valence-corrected chi connectivity index (χ1v) is 7.05. The average Bonchev–Trinajstić information content (AvgIpc) is 3.07. The Morgan fingerprint density at radius 1 is 0.300 bits per heavy atom. The van der Waals surface area contributed by atoms with E-state index in [1.54, 1.807) is 0 Å². The Labute approximate surface area is 115 Å². The summed E-state index contributed by atoms with van der Waals surface area (Å²) in [7, 11) is 0. The number of rotatable bonds is 0. The number of hydrogen-bond acceptors (Lipinski definition) is 0. The van der Waals surface area contributed by atoms with E-state index in [1.165, 1.54) is 53.9 Å². The molecule has 0 fully saturated rings. The van der Waals surface area contributed by atoms with Crippen LogP contribution in [-0.2, 0) is 0 Å². The highest BCUT2D eigenvalue weighted by molar-refractivity contribution is 6.37. The second kappa shape index (κ2) is 2.78. The fourth-order valence-corrected chi connectivity index (χ4v) is 4.05. The summed E-state index contributed by atoms with van der Waals surface area (Å²) in [6.07, 6.45) is 0. The zero-order valence-corrected chi connectivity index (χ0v) is 10.8. The van der Waals surface area contributed by atoms with Crippen LogP contribution in [0.2, 0.25) is 0 Å². The van der Waals surface area contributed by atoms with E-state index in [0.29, 0.717) is 0 Å². The fourth-order valence-electron chi connectivity index (χ4n) is 4.05. The van der Waals surface area contributed by atoms with Gasteiger partial charge < -0.3 is 0 Å². The smallest absolute Gasteiger partial charge is 0.00141 e. The van der Waals surface area contributed by atoms with E-state index >= 15 is 0 Å². The summed E-state index contributed by atoms with van der Waals surface area (Å²) >= 11 is 0. The molecule has 0 heterocycles. The Morgan fingerprint density at radius 2 is 0.600 bits per heavy atom. The maximum absolute atomic E-state index is 2.34. The molecule has 6 rings (SSSR count). The van der Waals surface area contributed by atoms with E-state index < -0.39 is 0 Å². The third-order valence-electron chi connectivity index (χ3n) is 4.87. The second-order valence-electron chi connectivity index (χ2n) is 5.85.